The number of aliphatic carboxylic acids is 1. The van der Waals surface area contributed by atoms with E-state index >= 15 is 0 Å². The number of carboxylic acid groups (broad SMARTS) is 1. The summed E-state index contributed by atoms with van der Waals surface area (Å²) in [5.41, 5.74) is -1.39. The highest BCUT2D eigenvalue weighted by atomic mass is 19.1. The molecule has 0 heterocycles. The molecule has 1 saturated carbocycles. The van der Waals surface area contributed by atoms with E-state index in [0.29, 0.717) is 6.42 Å². The number of nitrogens with one attached hydrogen (secondary N) is 1. The number of carbonyl (C=O) groups is 2. The van der Waals surface area contributed by atoms with Crippen molar-refractivity contribution >= 4 is 12.1 Å². The fourth-order valence-electron chi connectivity index (χ4n) is 2.25. The van der Waals surface area contributed by atoms with Crippen LogP contribution < -0.4 is 5.32 Å². The van der Waals surface area contributed by atoms with Crippen LogP contribution in [-0.2, 0) is 16.1 Å². The van der Waals surface area contributed by atoms with E-state index in [1.165, 1.54) is 0 Å². The van der Waals surface area contributed by atoms with Crippen molar-refractivity contribution < 1.29 is 23.8 Å². The van der Waals surface area contributed by atoms with Crippen molar-refractivity contribution in [2.24, 2.45) is 0 Å². The van der Waals surface area contributed by atoms with Gasteiger partial charge in [-0.3, -0.25) is 0 Å². The summed E-state index contributed by atoms with van der Waals surface area (Å²) in [4.78, 5) is 22.3. The van der Waals surface area contributed by atoms with Crippen LogP contribution in [0.3, 0.4) is 0 Å². The predicted molar refractivity (Wildman–Crippen MR) is 68.9 cm³/mol. The van der Waals surface area contributed by atoms with E-state index in [1.807, 2.05) is 30.3 Å². The summed E-state index contributed by atoms with van der Waals surface area (Å²) in [6.45, 7) is 0.124. The van der Waals surface area contributed by atoms with E-state index in [2.05, 4.69) is 5.32 Å². The average Bonchev–Trinajstić information content (AvgIpc) is 2.80. The van der Waals surface area contributed by atoms with Gasteiger partial charge in [0.2, 0.25) is 5.67 Å². The molecule has 1 amide bonds. The number of alkyl halides is 1. The van der Waals surface area contributed by atoms with E-state index in [-0.39, 0.29) is 19.4 Å². The van der Waals surface area contributed by atoms with Crippen molar-refractivity contribution in [3.63, 3.8) is 0 Å². The first-order valence-electron chi connectivity index (χ1n) is 6.39. The molecule has 20 heavy (non-hydrogen) atoms. The zero-order chi connectivity index (χ0) is 14.6. The maximum absolute atomic E-state index is 13.8. The first-order valence-corrected chi connectivity index (χ1v) is 6.39. The lowest BCUT2D eigenvalue weighted by Gasteiger charge is -2.15. The number of ether oxygens (including phenoxy) is 1. The maximum atomic E-state index is 13.8. The van der Waals surface area contributed by atoms with Crippen LogP contribution >= 0.6 is 0 Å². The van der Waals surface area contributed by atoms with Gasteiger partial charge in [-0.05, 0) is 18.4 Å². The van der Waals surface area contributed by atoms with E-state index in [0.717, 1.165) is 5.56 Å². The number of hydrogen-bond donors (Lipinski definition) is 2. The van der Waals surface area contributed by atoms with Gasteiger partial charge in [0.25, 0.3) is 0 Å². The van der Waals surface area contributed by atoms with E-state index < -0.39 is 23.8 Å². The molecule has 0 bridgehead atoms. The van der Waals surface area contributed by atoms with Gasteiger partial charge in [-0.15, -0.1) is 0 Å². The van der Waals surface area contributed by atoms with Crippen LogP contribution in [0.15, 0.2) is 30.3 Å². The van der Waals surface area contributed by atoms with E-state index in [4.69, 9.17) is 9.84 Å². The van der Waals surface area contributed by atoms with Crippen molar-refractivity contribution in [2.45, 2.75) is 37.6 Å². The molecule has 1 aromatic carbocycles. The number of amides is 1. The standard InChI is InChI=1S/C14H16FNO4/c15-14(12(17)18)7-6-11(8-14)16-13(19)20-9-10-4-2-1-3-5-10/h1-5,11H,6-9H2,(H,16,19)(H,17,18). The first kappa shape index (κ1) is 14.3. The van der Waals surface area contributed by atoms with Crippen LogP contribution in [0.1, 0.15) is 24.8 Å². The fourth-order valence-corrected chi connectivity index (χ4v) is 2.25. The van der Waals surface area contributed by atoms with Crippen LogP contribution in [-0.4, -0.2) is 28.9 Å². The minimum Gasteiger partial charge on any atom is -0.479 e. The fraction of sp³-hybridized carbons (Fsp3) is 0.429. The number of rotatable bonds is 4. The quantitative estimate of drug-likeness (QED) is 0.887. The molecule has 6 heteroatoms. The second-order valence-electron chi connectivity index (χ2n) is 4.92. The van der Waals surface area contributed by atoms with Crippen LogP contribution in [0.4, 0.5) is 9.18 Å². The summed E-state index contributed by atoms with van der Waals surface area (Å²) in [6, 6.07) is 8.66. The van der Waals surface area contributed by atoms with Crippen LogP contribution in [0.2, 0.25) is 0 Å². The summed E-state index contributed by atoms with van der Waals surface area (Å²) < 4.78 is 18.8. The molecule has 0 spiro atoms. The van der Waals surface area contributed by atoms with Crippen molar-refractivity contribution in [3.05, 3.63) is 35.9 Å². The molecule has 5 nitrogen and oxygen atoms in total. The number of benzene rings is 1. The van der Waals surface area contributed by atoms with Gasteiger partial charge in [0.1, 0.15) is 6.61 Å². The van der Waals surface area contributed by atoms with Gasteiger partial charge >= 0.3 is 12.1 Å². The van der Waals surface area contributed by atoms with Crippen LogP contribution in [0.25, 0.3) is 0 Å². The molecule has 2 unspecified atom stereocenters. The van der Waals surface area contributed by atoms with Crippen LogP contribution in [0, 0.1) is 0 Å². The molecule has 108 valence electrons. The Bertz CT molecular complexity index is 493. The summed E-state index contributed by atoms with van der Waals surface area (Å²) in [5.74, 6) is -1.47. The van der Waals surface area contributed by atoms with Gasteiger partial charge in [-0.2, -0.15) is 0 Å². The Morgan fingerprint density at radius 2 is 2.10 bits per heavy atom. The van der Waals surface area contributed by atoms with E-state index in [9.17, 15) is 14.0 Å². The molecule has 1 aromatic rings. The van der Waals surface area contributed by atoms with E-state index in [1.54, 1.807) is 0 Å². The summed E-state index contributed by atoms with van der Waals surface area (Å²) in [6.07, 6.45) is -0.675. The van der Waals surface area contributed by atoms with Crippen molar-refractivity contribution in [2.75, 3.05) is 0 Å². The second-order valence-corrected chi connectivity index (χ2v) is 4.92. The van der Waals surface area contributed by atoms with Crippen molar-refractivity contribution in [1.29, 1.82) is 0 Å². The number of halogens is 1. The molecule has 0 saturated heterocycles. The summed E-state index contributed by atoms with van der Waals surface area (Å²) in [5, 5.41) is 11.3. The molecule has 1 aliphatic carbocycles. The monoisotopic (exact) mass is 281 g/mol. The van der Waals surface area contributed by atoms with Crippen molar-refractivity contribution in [1.82, 2.24) is 5.32 Å². The molecule has 1 fully saturated rings. The number of carboxylic acids is 1. The minimum absolute atomic E-state index is 0.0913. The Balaban J connectivity index is 1.77. The summed E-state index contributed by atoms with van der Waals surface area (Å²) >= 11 is 0. The van der Waals surface area contributed by atoms with Gasteiger partial charge in [-0.1, -0.05) is 30.3 Å². The Morgan fingerprint density at radius 3 is 2.70 bits per heavy atom. The SMILES string of the molecule is O=C(NC1CCC(F)(C(=O)O)C1)OCc1ccccc1. The minimum atomic E-state index is -2.24. The number of alkyl carbamates (subject to hydrolysis) is 1. The predicted octanol–water partition coefficient (Wildman–Crippen LogP) is 2.26. The van der Waals surface area contributed by atoms with Gasteiger partial charge in [0.05, 0.1) is 0 Å². The number of carbonyl (C=O) groups excluding carboxylic acids is 1. The largest absolute Gasteiger partial charge is 0.479 e. The Hall–Kier alpha value is -2.11. The Kier molecular flexibility index (Phi) is 4.22. The molecule has 1 aliphatic rings. The zero-order valence-corrected chi connectivity index (χ0v) is 10.8. The summed E-state index contributed by atoms with van der Waals surface area (Å²) in [7, 11) is 0. The maximum Gasteiger partial charge on any atom is 0.407 e. The Morgan fingerprint density at radius 1 is 1.40 bits per heavy atom. The van der Waals surface area contributed by atoms with Crippen LogP contribution in [0.5, 0.6) is 0 Å². The third-order valence-corrected chi connectivity index (χ3v) is 3.38. The highest BCUT2D eigenvalue weighted by Crippen LogP contribution is 2.33. The smallest absolute Gasteiger partial charge is 0.407 e. The molecule has 0 aromatic heterocycles. The lowest BCUT2D eigenvalue weighted by molar-refractivity contribution is -0.150. The van der Waals surface area contributed by atoms with Crippen molar-refractivity contribution in [3.8, 4) is 0 Å². The van der Waals surface area contributed by atoms with Gasteiger partial charge in [0, 0.05) is 12.5 Å². The lowest BCUT2D eigenvalue weighted by Crippen LogP contribution is -2.37. The molecule has 0 radical (unpaired) electrons. The van der Waals surface area contributed by atoms with Gasteiger partial charge in [-0.25, -0.2) is 14.0 Å². The molecule has 0 aliphatic heterocycles. The van der Waals surface area contributed by atoms with Gasteiger partial charge in [0.15, 0.2) is 0 Å². The third-order valence-electron chi connectivity index (χ3n) is 3.38. The zero-order valence-electron chi connectivity index (χ0n) is 10.8. The first-order chi connectivity index (χ1) is 9.49. The Labute approximate surface area is 115 Å². The normalized spacial score (nSPS) is 25.1. The molecule has 2 rings (SSSR count). The molecular weight excluding hydrogens is 265 g/mol. The van der Waals surface area contributed by atoms with Gasteiger partial charge < -0.3 is 15.2 Å². The highest BCUT2D eigenvalue weighted by Gasteiger charge is 2.46. The molecule has 2 atom stereocenters. The molecular formula is C14H16FNO4. The molecule has 2 N–H and O–H groups in total. The average molecular weight is 281 g/mol. The highest BCUT2D eigenvalue weighted by molar-refractivity contribution is 5.78. The second kappa shape index (κ2) is 5.90. The third kappa shape index (κ3) is 3.46. The lowest BCUT2D eigenvalue weighted by atomic mass is 10.1. The number of hydrogen-bond acceptors (Lipinski definition) is 3. The topological polar surface area (TPSA) is 75.6 Å².